The Labute approximate surface area is 82.9 Å². The Hall–Kier alpha value is -1.64. The van der Waals surface area contributed by atoms with E-state index in [0.717, 1.165) is 12.2 Å². The highest BCUT2D eigenvalue weighted by Gasteiger charge is 2.11. The topological polar surface area (TPSA) is 27.7 Å². The van der Waals surface area contributed by atoms with Crippen molar-refractivity contribution >= 4 is 0 Å². The number of hydrogen-bond acceptors (Lipinski definition) is 3. The minimum atomic E-state index is 0.644. The number of hydrogen-bond donors (Lipinski definition) is 0. The third kappa shape index (κ3) is 1.66. The van der Waals surface area contributed by atoms with E-state index in [1.165, 1.54) is 0 Å². The van der Waals surface area contributed by atoms with Crippen molar-refractivity contribution in [2.45, 2.75) is 6.42 Å². The van der Waals surface area contributed by atoms with Gasteiger partial charge in [0, 0.05) is 6.42 Å². The molecule has 14 heavy (non-hydrogen) atoms. The van der Waals surface area contributed by atoms with Gasteiger partial charge in [-0.15, -0.1) is 0 Å². The van der Waals surface area contributed by atoms with Gasteiger partial charge in [-0.05, 0) is 18.2 Å². The summed E-state index contributed by atoms with van der Waals surface area (Å²) in [7, 11) is 1.61. The summed E-state index contributed by atoms with van der Waals surface area (Å²) in [6, 6.07) is 5.60. The van der Waals surface area contributed by atoms with Gasteiger partial charge in [-0.25, -0.2) is 0 Å². The predicted octanol–water partition coefficient (Wildman–Crippen LogP) is 2.37. The van der Waals surface area contributed by atoms with Crippen LogP contribution in [0.1, 0.15) is 6.42 Å². The highest BCUT2D eigenvalue weighted by molar-refractivity contribution is 5.51. The first-order valence-electron chi connectivity index (χ1n) is 4.53. The van der Waals surface area contributed by atoms with Crippen LogP contribution in [0.4, 0.5) is 0 Å². The van der Waals surface area contributed by atoms with Gasteiger partial charge in [0.1, 0.15) is 0 Å². The fourth-order valence-electron chi connectivity index (χ4n) is 1.31. The number of rotatable bonds is 1. The minimum absolute atomic E-state index is 0.644. The molecule has 1 heterocycles. The van der Waals surface area contributed by atoms with E-state index in [1.807, 2.05) is 24.3 Å². The second-order valence-electron chi connectivity index (χ2n) is 2.91. The van der Waals surface area contributed by atoms with Crippen LogP contribution in [0.25, 0.3) is 0 Å². The van der Waals surface area contributed by atoms with Gasteiger partial charge in [0.25, 0.3) is 0 Å². The van der Waals surface area contributed by atoms with E-state index in [2.05, 4.69) is 0 Å². The number of fused-ring (bicyclic) bond motifs is 1. The summed E-state index contributed by atoms with van der Waals surface area (Å²) in [4.78, 5) is 0. The van der Waals surface area contributed by atoms with Crippen LogP contribution in [0, 0.1) is 0 Å². The molecular formula is C11H12O3. The van der Waals surface area contributed by atoms with Crippen LogP contribution in [-0.2, 0) is 0 Å². The Morgan fingerprint density at radius 3 is 3.14 bits per heavy atom. The highest BCUT2D eigenvalue weighted by Crippen LogP contribution is 2.37. The molecule has 74 valence electrons. The zero-order chi connectivity index (χ0) is 9.80. The molecule has 3 nitrogen and oxygen atoms in total. The first-order valence-corrected chi connectivity index (χ1v) is 4.53. The molecular weight excluding hydrogens is 180 g/mol. The molecule has 3 heteroatoms. The Morgan fingerprint density at radius 2 is 2.29 bits per heavy atom. The van der Waals surface area contributed by atoms with E-state index >= 15 is 0 Å². The lowest BCUT2D eigenvalue weighted by Crippen LogP contribution is -2.01. The van der Waals surface area contributed by atoms with E-state index in [9.17, 15) is 0 Å². The van der Waals surface area contributed by atoms with Gasteiger partial charge in [-0.2, -0.15) is 0 Å². The summed E-state index contributed by atoms with van der Waals surface area (Å²) < 4.78 is 16.1. The first-order chi connectivity index (χ1) is 6.92. The molecule has 1 aromatic rings. The largest absolute Gasteiger partial charge is 0.493 e. The molecule has 2 rings (SSSR count). The van der Waals surface area contributed by atoms with Crippen LogP contribution in [0.3, 0.4) is 0 Å². The molecule has 0 fully saturated rings. The quantitative estimate of drug-likeness (QED) is 0.683. The third-order valence-corrected chi connectivity index (χ3v) is 1.99. The summed E-state index contributed by atoms with van der Waals surface area (Å²) in [6.07, 6.45) is 4.45. The zero-order valence-electron chi connectivity index (χ0n) is 8.03. The molecule has 0 unspecified atom stereocenters. The fourth-order valence-corrected chi connectivity index (χ4v) is 1.31. The maximum absolute atomic E-state index is 5.51. The molecule has 0 radical (unpaired) electrons. The molecule has 1 aliphatic heterocycles. The zero-order valence-corrected chi connectivity index (χ0v) is 8.03. The average molecular weight is 192 g/mol. The van der Waals surface area contributed by atoms with Crippen LogP contribution >= 0.6 is 0 Å². The van der Waals surface area contributed by atoms with Crippen LogP contribution < -0.4 is 14.2 Å². The number of benzene rings is 1. The lowest BCUT2D eigenvalue weighted by molar-refractivity contribution is 0.289. The third-order valence-electron chi connectivity index (χ3n) is 1.99. The number of para-hydroxylation sites is 1. The smallest absolute Gasteiger partial charge is 0.210 e. The summed E-state index contributed by atoms with van der Waals surface area (Å²) in [5.74, 6) is 2.06. The lowest BCUT2D eigenvalue weighted by atomic mass is 10.3. The molecule has 0 bridgehead atoms. The van der Waals surface area contributed by atoms with Crippen molar-refractivity contribution in [1.82, 2.24) is 0 Å². The summed E-state index contributed by atoms with van der Waals surface area (Å²) >= 11 is 0. The van der Waals surface area contributed by atoms with E-state index in [0.29, 0.717) is 18.1 Å². The summed E-state index contributed by atoms with van der Waals surface area (Å²) in [5, 5.41) is 0. The van der Waals surface area contributed by atoms with Crippen LogP contribution in [0.5, 0.6) is 17.2 Å². The van der Waals surface area contributed by atoms with E-state index in [1.54, 1.807) is 13.4 Å². The second kappa shape index (κ2) is 4.05. The first kappa shape index (κ1) is 8.94. The predicted molar refractivity (Wildman–Crippen MR) is 52.9 cm³/mol. The van der Waals surface area contributed by atoms with Gasteiger partial charge in [-0.1, -0.05) is 6.07 Å². The van der Waals surface area contributed by atoms with E-state index in [-0.39, 0.29) is 0 Å². The van der Waals surface area contributed by atoms with Crippen molar-refractivity contribution in [3.63, 3.8) is 0 Å². The van der Waals surface area contributed by atoms with Crippen LogP contribution in [0.2, 0.25) is 0 Å². The number of ether oxygens (including phenoxy) is 3. The molecule has 0 atom stereocenters. The van der Waals surface area contributed by atoms with Gasteiger partial charge in [0.05, 0.1) is 20.0 Å². The fraction of sp³-hybridized carbons (Fsp3) is 0.273. The van der Waals surface area contributed by atoms with Gasteiger partial charge >= 0.3 is 0 Å². The minimum Gasteiger partial charge on any atom is -0.493 e. The maximum atomic E-state index is 5.51. The lowest BCUT2D eigenvalue weighted by Gasteiger charge is -2.14. The van der Waals surface area contributed by atoms with Crippen molar-refractivity contribution in [2.75, 3.05) is 13.7 Å². The molecule has 0 spiro atoms. The van der Waals surface area contributed by atoms with Crippen molar-refractivity contribution in [1.29, 1.82) is 0 Å². The normalized spacial score (nSPS) is 16.6. The van der Waals surface area contributed by atoms with Gasteiger partial charge in [0.2, 0.25) is 5.75 Å². The molecule has 1 aromatic carbocycles. The number of methoxy groups -OCH3 is 1. The van der Waals surface area contributed by atoms with Crippen molar-refractivity contribution < 1.29 is 14.2 Å². The Morgan fingerprint density at radius 1 is 1.36 bits per heavy atom. The Balaban J connectivity index is 2.40. The van der Waals surface area contributed by atoms with Gasteiger partial charge in [-0.3, -0.25) is 0 Å². The molecule has 0 amide bonds. The molecule has 0 saturated carbocycles. The molecule has 1 aliphatic rings. The van der Waals surface area contributed by atoms with E-state index in [4.69, 9.17) is 14.2 Å². The second-order valence-corrected chi connectivity index (χ2v) is 2.91. The summed E-state index contributed by atoms with van der Waals surface area (Å²) in [6.45, 7) is 0.667. The standard InChI is InChI=1S/C11H12O3/c1-12-9-5-4-6-10-11(9)14-8-3-2-7-13-10/h3-6,8H,2,7H2,1H3/b8-3-. The summed E-state index contributed by atoms with van der Waals surface area (Å²) in [5.41, 5.74) is 0. The van der Waals surface area contributed by atoms with Crippen LogP contribution in [0.15, 0.2) is 30.5 Å². The Bertz CT molecular complexity index is 344. The van der Waals surface area contributed by atoms with Crippen molar-refractivity contribution in [3.8, 4) is 17.2 Å². The molecule has 0 aromatic heterocycles. The van der Waals surface area contributed by atoms with Crippen LogP contribution in [-0.4, -0.2) is 13.7 Å². The molecule has 0 saturated heterocycles. The average Bonchev–Trinajstić information content (AvgIpc) is 2.18. The SMILES string of the molecule is COc1cccc2c1O/C=C\CCO2. The van der Waals surface area contributed by atoms with Crippen molar-refractivity contribution in [3.05, 3.63) is 30.5 Å². The van der Waals surface area contributed by atoms with Gasteiger partial charge in [0.15, 0.2) is 11.5 Å². The highest BCUT2D eigenvalue weighted by atomic mass is 16.5. The monoisotopic (exact) mass is 192 g/mol. The molecule has 0 N–H and O–H groups in total. The Kier molecular flexibility index (Phi) is 2.58. The van der Waals surface area contributed by atoms with E-state index < -0.39 is 0 Å². The molecule has 0 aliphatic carbocycles. The maximum Gasteiger partial charge on any atom is 0.210 e. The van der Waals surface area contributed by atoms with Gasteiger partial charge < -0.3 is 14.2 Å². The van der Waals surface area contributed by atoms with Crippen molar-refractivity contribution in [2.24, 2.45) is 0 Å².